The molecule has 122 valence electrons. The van der Waals surface area contributed by atoms with Crippen LogP contribution in [-0.2, 0) is 21.4 Å². The molecule has 1 amide bonds. The van der Waals surface area contributed by atoms with E-state index in [4.69, 9.17) is 11.6 Å². The monoisotopic (exact) mass is 344 g/mol. The van der Waals surface area contributed by atoms with Gasteiger partial charge in [-0.3, -0.25) is 4.79 Å². The van der Waals surface area contributed by atoms with E-state index in [-0.39, 0.29) is 24.9 Å². The van der Waals surface area contributed by atoms with Crippen molar-refractivity contribution in [3.05, 3.63) is 34.9 Å². The molecule has 0 spiro atoms. The number of nitrogens with zero attached hydrogens (tertiary/aromatic N) is 1. The summed E-state index contributed by atoms with van der Waals surface area (Å²) in [5.41, 5.74) is 0.750. The minimum atomic E-state index is -3.37. The minimum Gasteiger partial charge on any atom is -0.355 e. The highest BCUT2D eigenvalue weighted by atomic mass is 35.5. The molecule has 5 nitrogen and oxygen atoms in total. The molecule has 0 saturated heterocycles. The summed E-state index contributed by atoms with van der Waals surface area (Å²) in [6.45, 7) is 0.757. The third-order valence-electron chi connectivity index (χ3n) is 3.91. The highest BCUT2D eigenvalue weighted by Crippen LogP contribution is 2.26. The topological polar surface area (TPSA) is 66.5 Å². The second kappa shape index (κ2) is 7.44. The van der Waals surface area contributed by atoms with E-state index < -0.39 is 10.0 Å². The Kier molecular flexibility index (Phi) is 5.83. The van der Waals surface area contributed by atoms with E-state index >= 15 is 0 Å². The molecule has 0 aromatic heterocycles. The number of carbonyl (C=O) groups is 1. The van der Waals surface area contributed by atoms with Gasteiger partial charge in [-0.1, -0.05) is 36.2 Å². The lowest BCUT2D eigenvalue weighted by molar-refractivity contribution is -0.127. The fraction of sp³-hybridized carbons (Fsp3) is 0.533. The summed E-state index contributed by atoms with van der Waals surface area (Å²) in [6, 6.07) is 7.15. The first-order chi connectivity index (χ1) is 10.4. The number of carbonyl (C=O) groups excluding carboxylic acids is 1. The molecule has 1 aliphatic carbocycles. The zero-order valence-corrected chi connectivity index (χ0v) is 14.2. The van der Waals surface area contributed by atoms with Crippen LogP contribution in [0.25, 0.3) is 0 Å². The molecule has 0 atom stereocenters. The smallest absolute Gasteiger partial charge is 0.223 e. The third kappa shape index (κ3) is 4.69. The lowest BCUT2D eigenvalue weighted by Gasteiger charge is -2.25. The average Bonchev–Trinajstić information content (AvgIpc) is 2.36. The molecule has 0 unspecified atom stereocenters. The Hall–Kier alpha value is -1.11. The van der Waals surface area contributed by atoms with Crippen molar-refractivity contribution in [2.45, 2.75) is 25.8 Å². The number of nitrogens with one attached hydrogen (secondary N) is 1. The summed E-state index contributed by atoms with van der Waals surface area (Å²) in [6.07, 6.45) is 4.13. The molecule has 0 radical (unpaired) electrons. The number of rotatable bonds is 7. The van der Waals surface area contributed by atoms with E-state index in [9.17, 15) is 13.2 Å². The predicted octanol–water partition coefficient (Wildman–Crippen LogP) is 2.02. The highest BCUT2D eigenvalue weighted by molar-refractivity contribution is 7.88. The maximum absolute atomic E-state index is 11.9. The van der Waals surface area contributed by atoms with Crippen LogP contribution in [0.3, 0.4) is 0 Å². The summed E-state index contributed by atoms with van der Waals surface area (Å²) in [5.74, 6) is 0.132. The van der Waals surface area contributed by atoms with Crippen molar-refractivity contribution >= 4 is 27.5 Å². The summed E-state index contributed by atoms with van der Waals surface area (Å²) in [5, 5.41) is 3.35. The van der Waals surface area contributed by atoms with Crippen molar-refractivity contribution in [3.63, 3.8) is 0 Å². The van der Waals surface area contributed by atoms with E-state index in [1.54, 1.807) is 18.2 Å². The van der Waals surface area contributed by atoms with Crippen LogP contribution < -0.4 is 5.32 Å². The average molecular weight is 345 g/mol. The van der Waals surface area contributed by atoms with Crippen molar-refractivity contribution in [1.82, 2.24) is 9.62 Å². The standard InChI is InChI=1S/C15H21ClN2O3S/c1-22(20,21)18(11-13-5-2-3-8-14(13)16)10-9-17-15(19)12-6-4-7-12/h2-3,5,8,12H,4,6-7,9-11H2,1H3,(H,17,19). The Bertz CT molecular complexity index is 629. The highest BCUT2D eigenvalue weighted by Gasteiger charge is 2.25. The van der Waals surface area contributed by atoms with E-state index in [0.29, 0.717) is 11.6 Å². The van der Waals surface area contributed by atoms with Crippen molar-refractivity contribution in [3.8, 4) is 0 Å². The van der Waals surface area contributed by atoms with Gasteiger partial charge in [0.15, 0.2) is 0 Å². The van der Waals surface area contributed by atoms with Gasteiger partial charge in [0.2, 0.25) is 15.9 Å². The zero-order chi connectivity index (χ0) is 16.2. The van der Waals surface area contributed by atoms with E-state index in [2.05, 4.69) is 5.32 Å². The Morgan fingerprint density at radius 1 is 1.36 bits per heavy atom. The molecular weight excluding hydrogens is 324 g/mol. The number of benzene rings is 1. The van der Waals surface area contributed by atoms with Crippen LogP contribution in [0, 0.1) is 5.92 Å². The third-order valence-corrected chi connectivity index (χ3v) is 5.53. The molecule has 1 saturated carbocycles. The van der Waals surface area contributed by atoms with Gasteiger partial charge in [-0.05, 0) is 24.5 Å². The van der Waals surface area contributed by atoms with Gasteiger partial charge in [0.05, 0.1) is 6.26 Å². The van der Waals surface area contributed by atoms with E-state index in [1.165, 1.54) is 4.31 Å². The molecule has 1 aliphatic rings. The summed E-state index contributed by atoms with van der Waals surface area (Å²) in [4.78, 5) is 11.8. The Labute approximate surface area is 136 Å². The van der Waals surface area contributed by atoms with Crippen LogP contribution >= 0.6 is 11.6 Å². The fourth-order valence-electron chi connectivity index (χ4n) is 2.30. The largest absolute Gasteiger partial charge is 0.355 e. The quantitative estimate of drug-likeness (QED) is 0.822. The Balaban J connectivity index is 1.92. The van der Waals surface area contributed by atoms with Crippen molar-refractivity contribution in [2.24, 2.45) is 5.92 Å². The van der Waals surface area contributed by atoms with Gasteiger partial charge in [0, 0.05) is 30.6 Å². The summed E-state index contributed by atoms with van der Waals surface area (Å²) < 4.78 is 25.1. The van der Waals surface area contributed by atoms with Crippen molar-refractivity contribution in [1.29, 1.82) is 0 Å². The molecule has 1 fully saturated rings. The first-order valence-corrected chi connectivity index (χ1v) is 9.57. The van der Waals surface area contributed by atoms with Crippen LogP contribution in [0.2, 0.25) is 5.02 Å². The molecule has 1 aromatic carbocycles. The molecule has 1 N–H and O–H groups in total. The first-order valence-electron chi connectivity index (χ1n) is 7.34. The second-order valence-corrected chi connectivity index (χ2v) is 8.00. The lowest BCUT2D eigenvalue weighted by atomic mass is 9.85. The molecule has 7 heteroatoms. The van der Waals surface area contributed by atoms with Gasteiger partial charge < -0.3 is 5.32 Å². The minimum absolute atomic E-state index is 0.0254. The van der Waals surface area contributed by atoms with Gasteiger partial charge in [-0.2, -0.15) is 4.31 Å². The SMILES string of the molecule is CS(=O)(=O)N(CCNC(=O)C1CCC1)Cc1ccccc1Cl. The maximum atomic E-state index is 11.9. The van der Waals surface area contributed by atoms with Gasteiger partial charge in [0.25, 0.3) is 0 Å². The van der Waals surface area contributed by atoms with Crippen molar-refractivity contribution < 1.29 is 13.2 Å². The van der Waals surface area contributed by atoms with Crippen LogP contribution in [0.1, 0.15) is 24.8 Å². The molecule has 0 bridgehead atoms. The van der Waals surface area contributed by atoms with Crippen LogP contribution in [0.15, 0.2) is 24.3 Å². The fourth-order valence-corrected chi connectivity index (χ4v) is 3.29. The summed E-state index contributed by atoms with van der Waals surface area (Å²) in [7, 11) is -3.37. The Morgan fingerprint density at radius 3 is 2.59 bits per heavy atom. The van der Waals surface area contributed by atoms with E-state index in [1.807, 2.05) is 6.07 Å². The van der Waals surface area contributed by atoms with Gasteiger partial charge in [0.1, 0.15) is 0 Å². The van der Waals surface area contributed by atoms with Gasteiger partial charge in [-0.25, -0.2) is 8.42 Å². The van der Waals surface area contributed by atoms with Crippen LogP contribution in [0.4, 0.5) is 0 Å². The first kappa shape index (κ1) is 17.2. The number of hydrogen-bond acceptors (Lipinski definition) is 3. The van der Waals surface area contributed by atoms with Gasteiger partial charge >= 0.3 is 0 Å². The number of amides is 1. The molecular formula is C15H21ClN2O3S. The molecule has 2 rings (SSSR count). The molecule has 1 aromatic rings. The van der Waals surface area contributed by atoms with E-state index in [0.717, 1.165) is 31.1 Å². The predicted molar refractivity (Wildman–Crippen MR) is 87.1 cm³/mol. The lowest BCUT2D eigenvalue weighted by Crippen LogP contribution is -2.41. The van der Waals surface area contributed by atoms with Crippen LogP contribution in [0.5, 0.6) is 0 Å². The van der Waals surface area contributed by atoms with Crippen LogP contribution in [-0.4, -0.2) is 38.0 Å². The zero-order valence-electron chi connectivity index (χ0n) is 12.6. The maximum Gasteiger partial charge on any atom is 0.223 e. The molecule has 22 heavy (non-hydrogen) atoms. The number of hydrogen-bond donors (Lipinski definition) is 1. The molecule has 0 heterocycles. The molecule has 0 aliphatic heterocycles. The second-order valence-electron chi connectivity index (χ2n) is 5.61. The van der Waals surface area contributed by atoms with Crippen molar-refractivity contribution in [2.75, 3.05) is 19.3 Å². The summed E-state index contributed by atoms with van der Waals surface area (Å²) >= 11 is 6.08. The normalized spacial score (nSPS) is 15.6. The number of halogens is 1. The number of sulfonamides is 1. The van der Waals surface area contributed by atoms with Gasteiger partial charge in [-0.15, -0.1) is 0 Å². The Morgan fingerprint density at radius 2 is 2.05 bits per heavy atom.